The first-order chi connectivity index (χ1) is 8.09. The minimum absolute atomic E-state index is 0.308. The molecule has 1 amide bonds. The molecule has 4 heteroatoms. The van der Waals surface area contributed by atoms with Gasteiger partial charge in [-0.3, -0.25) is 4.79 Å². The molecule has 4 nitrogen and oxygen atoms in total. The normalized spacial score (nSPS) is 16.9. The molecular weight excluding hydrogens is 214 g/mol. The number of hydrogen-bond donors (Lipinski definition) is 1. The van der Waals surface area contributed by atoms with Gasteiger partial charge in [-0.2, -0.15) is 0 Å². The number of piperazine rings is 1. The summed E-state index contributed by atoms with van der Waals surface area (Å²) in [6.07, 6.45) is 1.87. The van der Waals surface area contributed by atoms with Crippen LogP contribution in [-0.2, 0) is 4.79 Å². The van der Waals surface area contributed by atoms with Crippen LogP contribution in [0.15, 0.2) is 0 Å². The van der Waals surface area contributed by atoms with E-state index < -0.39 is 0 Å². The highest BCUT2D eigenvalue weighted by Crippen LogP contribution is 2.02. The Morgan fingerprint density at radius 3 is 2.53 bits per heavy atom. The molecule has 0 aliphatic carbocycles. The van der Waals surface area contributed by atoms with Crippen molar-refractivity contribution in [1.82, 2.24) is 15.1 Å². The second-order valence-corrected chi connectivity index (χ2v) is 5.37. The zero-order valence-corrected chi connectivity index (χ0v) is 11.5. The van der Waals surface area contributed by atoms with Crippen molar-refractivity contribution in [2.75, 3.05) is 46.3 Å². The molecule has 0 aromatic carbocycles. The number of carbonyl (C=O) groups excluding carboxylic acids is 1. The topological polar surface area (TPSA) is 35.6 Å². The minimum Gasteiger partial charge on any atom is -0.340 e. The lowest BCUT2D eigenvalue weighted by Gasteiger charge is -2.28. The van der Waals surface area contributed by atoms with Crippen molar-refractivity contribution in [2.45, 2.75) is 26.7 Å². The zero-order valence-electron chi connectivity index (χ0n) is 11.5. The number of amides is 1. The van der Waals surface area contributed by atoms with Crippen molar-refractivity contribution >= 4 is 5.91 Å². The maximum absolute atomic E-state index is 11.9. The van der Waals surface area contributed by atoms with Crippen molar-refractivity contribution in [3.63, 3.8) is 0 Å². The molecule has 0 aromatic rings. The van der Waals surface area contributed by atoms with Gasteiger partial charge >= 0.3 is 0 Å². The third-order valence-electron chi connectivity index (χ3n) is 3.27. The Balaban J connectivity index is 2.13. The highest BCUT2D eigenvalue weighted by atomic mass is 16.2. The van der Waals surface area contributed by atoms with Gasteiger partial charge in [0.15, 0.2) is 0 Å². The van der Waals surface area contributed by atoms with Crippen LogP contribution in [0.4, 0.5) is 0 Å². The van der Waals surface area contributed by atoms with Crippen LogP contribution >= 0.6 is 0 Å². The first-order valence-electron chi connectivity index (χ1n) is 6.76. The Hall–Kier alpha value is -0.610. The van der Waals surface area contributed by atoms with E-state index in [0.717, 1.165) is 45.2 Å². The van der Waals surface area contributed by atoms with Crippen molar-refractivity contribution in [2.24, 2.45) is 5.92 Å². The van der Waals surface area contributed by atoms with Crippen molar-refractivity contribution in [1.29, 1.82) is 0 Å². The van der Waals surface area contributed by atoms with Crippen LogP contribution in [0.3, 0.4) is 0 Å². The summed E-state index contributed by atoms with van der Waals surface area (Å²) in [6.45, 7) is 10.1. The molecule has 0 aromatic heterocycles. The summed E-state index contributed by atoms with van der Waals surface area (Å²) >= 11 is 0. The van der Waals surface area contributed by atoms with E-state index in [1.165, 1.54) is 6.42 Å². The molecule has 0 unspecified atom stereocenters. The molecule has 0 atom stereocenters. The molecule has 1 heterocycles. The monoisotopic (exact) mass is 241 g/mol. The summed E-state index contributed by atoms with van der Waals surface area (Å²) in [5, 5.41) is 3.26. The van der Waals surface area contributed by atoms with E-state index >= 15 is 0 Å². The first kappa shape index (κ1) is 14.5. The molecule has 1 aliphatic heterocycles. The molecule has 1 aliphatic rings. The van der Waals surface area contributed by atoms with Gasteiger partial charge in [0.25, 0.3) is 0 Å². The summed E-state index contributed by atoms with van der Waals surface area (Å²) in [4.78, 5) is 16.2. The van der Waals surface area contributed by atoms with Gasteiger partial charge in [0, 0.05) is 39.1 Å². The third kappa shape index (κ3) is 6.03. The van der Waals surface area contributed by atoms with Crippen LogP contribution in [-0.4, -0.2) is 62.0 Å². The second-order valence-electron chi connectivity index (χ2n) is 5.37. The van der Waals surface area contributed by atoms with Gasteiger partial charge in [0.1, 0.15) is 0 Å². The lowest BCUT2D eigenvalue weighted by molar-refractivity contribution is -0.132. The molecule has 1 N–H and O–H groups in total. The molecule has 0 spiro atoms. The van der Waals surface area contributed by atoms with E-state index in [9.17, 15) is 4.79 Å². The molecule has 17 heavy (non-hydrogen) atoms. The standard InChI is InChI=1S/C13H27N3O/c1-12(2)4-8-15(3)9-5-13(17)16-10-6-14-7-11-16/h12,14H,4-11H2,1-3H3. The third-order valence-corrected chi connectivity index (χ3v) is 3.27. The Labute approximate surface area is 105 Å². The van der Waals surface area contributed by atoms with Crippen LogP contribution in [0.2, 0.25) is 0 Å². The van der Waals surface area contributed by atoms with Crippen LogP contribution in [0.25, 0.3) is 0 Å². The van der Waals surface area contributed by atoms with Gasteiger partial charge in [-0.1, -0.05) is 13.8 Å². The summed E-state index contributed by atoms with van der Waals surface area (Å²) in [7, 11) is 2.10. The largest absolute Gasteiger partial charge is 0.340 e. The van der Waals surface area contributed by atoms with Gasteiger partial charge in [0.2, 0.25) is 5.91 Å². The summed E-state index contributed by atoms with van der Waals surface area (Å²) in [5.74, 6) is 1.05. The Bertz CT molecular complexity index is 225. The number of nitrogens with zero attached hydrogens (tertiary/aromatic N) is 2. The number of carbonyl (C=O) groups is 1. The number of hydrogen-bond acceptors (Lipinski definition) is 3. The minimum atomic E-state index is 0.308. The van der Waals surface area contributed by atoms with E-state index in [-0.39, 0.29) is 0 Å². The van der Waals surface area contributed by atoms with Gasteiger partial charge in [0.05, 0.1) is 0 Å². The molecule has 1 fully saturated rings. The fraction of sp³-hybridized carbons (Fsp3) is 0.923. The summed E-state index contributed by atoms with van der Waals surface area (Å²) in [6, 6.07) is 0. The fourth-order valence-corrected chi connectivity index (χ4v) is 1.95. The lowest BCUT2D eigenvalue weighted by Crippen LogP contribution is -2.47. The highest BCUT2D eigenvalue weighted by Gasteiger charge is 2.16. The predicted octanol–water partition coefficient (Wildman–Crippen LogP) is 0.786. The van der Waals surface area contributed by atoms with Gasteiger partial charge in [-0.25, -0.2) is 0 Å². The average Bonchev–Trinajstić information content (AvgIpc) is 2.34. The van der Waals surface area contributed by atoms with Crippen LogP contribution in [0.5, 0.6) is 0 Å². The Morgan fingerprint density at radius 1 is 1.29 bits per heavy atom. The van der Waals surface area contributed by atoms with Crippen molar-refractivity contribution in [3.8, 4) is 0 Å². The van der Waals surface area contributed by atoms with Gasteiger partial charge in [-0.05, 0) is 25.9 Å². The van der Waals surface area contributed by atoms with Crippen molar-refractivity contribution < 1.29 is 4.79 Å². The average molecular weight is 241 g/mol. The maximum Gasteiger partial charge on any atom is 0.223 e. The SMILES string of the molecule is CC(C)CCN(C)CCC(=O)N1CCNCC1. The predicted molar refractivity (Wildman–Crippen MR) is 71.0 cm³/mol. The fourth-order valence-electron chi connectivity index (χ4n) is 1.95. The first-order valence-corrected chi connectivity index (χ1v) is 6.76. The molecule has 0 radical (unpaired) electrons. The van der Waals surface area contributed by atoms with Crippen LogP contribution in [0.1, 0.15) is 26.7 Å². The molecular formula is C13H27N3O. The molecule has 0 saturated carbocycles. The summed E-state index contributed by atoms with van der Waals surface area (Å²) < 4.78 is 0. The molecule has 1 rings (SSSR count). The van der Waals surface area contributed by atoms with E-state index in [1.807, 2.05) is 4.90 Å². The Morgan fingerprint density at radius 2 is 1.94 bits per heavy atom. The maximum atomic E-state index is 11.9. The van der Waals surface area contributed by atoms with Gasteiger partial charge < -0.3 is 15.1 Å². The Kier molecular flexibility index (Phi) is 6.52. The van der Waals surface area contributed by atoms with Gasteiger partial charge in [-0.15, -0.1) is 0 Å². The number of nitrogens with one attached hydrogen (secondary N) is 1. The smallest absolute Gasteiger partial charge is 0.223 e. The molecule has 0 bridgehead atoms. The van der Waals surface area contributed by atoms with E-state index in [1.54, 1.807) is 0 Å². The van der Waals surface area contributed by atoms with E-state index in [0.29, 0.717) is 12.3 Å². The molecule has 1 saturated heterocycles. The second kappa shape index (κ2) is 7.67. The van der Waals surface area contributed by atoms with E-state index in [4.69, 9.17) is 0 Å². The lowest BCUT2D eigenvalue weighted by atomic mass is 10.1. The summed E-state index contributed by atoms with van der Waals surface area (Å²) in [5.41, 5.74) is 0. The van der Waals surface area contributed by atoms with E-state index in [2.05, 4.69) is 31.1 Å². The molecule has 100 valence electrons. The van der Waals surface area contributed by atoms with Crippen molar-refractivity contribution in [3.05, 3.63) is 0 Å². The van der Waals surface area contributed by atoms with Crippen LogP contribution < -0.4 is 5.32 Å². The quantitative estimate of drug-likeness (QED) is 0.747. The zero-order chi connectivity index (χ0) is 12.7. The number of rotatable bonds is 6. The highest BCUT2D eigenvalue weighted by molar-refractivity contribution is 5.76. The van der Waals surface area contributed by atoms with Crippen LogP contribution in [0, 0.1) is 5.92 Å².